The Balaban J connectivity index is 2.07. The third kappa shape index (κ3) is 4.07. The lowest BCUT2D eigenvalue weighted by Gasteiger charge is -2.07. The molecule has 0 heterocycles. The molecule has 0 unspecified atom stereocenters. The molecule has 0 atom stereocenters. The van der Waals surface area contributed by atoms with E-state index in [1.807, 2.05) is 49.4 Å². The third-order valence-corrected chi connectivity index (χ3v) is 3.32. The summed E-state index contributed by atoms with van der Waals surface area (Å²) in [6.07, 6.45) is 3.99. The number of aryl methyl sites for hydroxylation is 1. The first kappa shape index (κ1) is 14.5. The Morgan fingerprint density at radius 1 is 1.20 bits per heavy atom. The van der Waals surface area contributed by atoms with Gasteiger partial charge in [-0.3, -0.25) is 0 Å². The molecule has 2 nitrogen and oxygen atoms in total. The molecule has 0 aliphatic heterocycles. The lowest BCUT2D eigenvalue weighted by Crippen LogP contribution is -2.05. The first-order valence-corrected chi connectivity index (χ1v) is 7.21. The number of esters is 1. The summed E-state index contributed by atoms with van der Waals surface area (Å²) in [5.74, 6) is 0.240. The molecule has 2 aromatic carbocycles. The van der Waals surface area contributed by atoms with Gasteiger partial charge in [-0.1, -0.05) is 53.2 Å². The summed E-state index contributed by atoms with van der Waals surface area (Å²) in [5.41, 5.74) is 1.97. The Morgan fingerprint density at radius 2 is 1.95 bits per heavy atom. The Bertz CT molecular complexity index is 618. The van der Waals surface area contributed by atoms with Gasteiger partial charge >= 0.3 is 5.97 Å². The highest BCUT2D eigenvalue weighted by Gasteiger charge is 2.06. The predicted molar refractivity (Wildman–Crippen MR) is 84.6 cm³/mol. The zero-order valence-electron chi connectivity index (χ0n) is 11.2. The van der Waals surface area contributed by atoms with Crippen molar-refractivity contribution in [2.45, 2.75) is 13.3 Å². The van der Waals surface area contributed by atoms with E-state index in [2.05, 4.69) is 15.9 Å². The molecule has 0 N–H and O–H groups in total. The average molecular weight is 331 g/mol. The fourth-order valence-electron chi connectivity index (χ4n) is 1.79. The molecule has 0 amide bonds. The van der Waals surface area contributed by atoms with Gasteiger partial charge in [-0.2, -0.15) is 0 Å². The maximum Gasteiger partial charge on any atom is 0.336 e. The van der Waals surface area contributed by atoms with Crippen LogP contribution in [0.15, 0.2) is 59.1 Å². The summed E-state index contributed by atoms with van der Waals surface area (Å²) in [6, 6.07) is 15.3. The Morgan fingerprint density at radius 3 is 2.65 bits per heavy atom. The first-order chi connectivity index (χ1) is 9.69. The zero-order chi connectivity index (χ0) is 14.4. The van der Waals surface area contributed by atoms with Crippen molar-refractivity contribution in [3.63, 3.8) is 0 Å². The van der Waals surface area contributed by atoms with Gasteiger partial charge in [-0.25, -0.2) is 4.79 Å². The second kappa shape index (κ2) is 7.06. The quantitative estimate of drug-likeness (QED) is 0.464. The van der Waals surface area contributed by atoms with Crippen LogP contribution in [0.3, 0.4) is 0 Å². The Kier molecular flexibility index (Phi) is 5.13. The second-order valence-corrected chi connectivity index (χ2v) is 5.19. The summed E-state index contributed by atoms with van der Waals surface area (Å²) in [6.45, 7) is 2.03. The summed E-state index contributed by atoms with van der Waals surface area (Å²) < 4.78 is 6.35. The van der Waals surface area contributed by atoms with Crippen molar-refractivity contribution < 1.29 is 9.53 Å². The molecule has 2 aromatic rings. The highest BCUT2D eigenvalue weighted by molar-refractivity contribution is 9.10. The number of hydrogen-bond donors (Lipinski definition) is 0. The maximum atomic E-state index is 11.8. The van der Waals surface area contributed by atoms with Gasteiger partial charge < -0.3 is 4.74 Å². The normalized spacial score (nSPS) is 10.7. The van der Waals surface area contributed by atoms with E-state index >= 15 is 0 Å². The Labute approximate surface area is 127 Å². The third-order valence-electron chi connectivity index (χ3n) is 2.83. The number of carbonyl (C=O) groups is 1. The van der Waals surface area contributed by atoms with Gasteiger partial charge in [0, 0.05) is 10.5 Å². The van der Waals surface area contributed by atoms with Gasteiger partial charge in [0.2, 0.25) is 0 Å². The van der Waals surface area contributed by atoms with Crippen molar-refractivity contribution in [1.82, 2.24) is 0 Å². The van der Waals surface area contributed by atoms with Crippen LogP contribution in [0.4, 0.5) is 0 Å². The fraction of sp³-hybridized carbons (Fsp3) is 0.118. The molecule has 3 heteroatoms. The van der Waals surface area contributed by atoms with E-state index in [-0.39, 0.29) is 5.97 Å². The lowest BCUT2D eigenvalue weighted by atomic mass is 10.1. The maximum absolute atomic E-state index is 11.8. The molecule has 20 heavy (non-hydrogen) atoms. The number of benzene rings is 2. The molecule has 0 spiro atoms. The van der Waals surface area contributed by atoms with Gasteiger partial charge in [0.05, 0.1) is 0 Å². The van der Waals surface area contributed by atoms with Crippen LogP contribution in [0.5, 0.6) is 5.75 Å². The first-order valence-electron chi connectivity index (χ1n) is 6.42. The van der Waals surface area contributed by atoms with E-state index in [4.69, 9.17) is 4.74 Å². The SMILES string of the molecule is CCc1cc(Br)ccc1OC(=O)C=Cc1ccccc1. The summed E-state index contributed by atoms with van der Waals surface area (Å²) in [5, 5.41) is 0. The highest BCUT2D eigenvalue weighted by atomic mass is 79.9. The van der Waals surface area contributed by atoms with Gasteiger partial charge in [0.15, 0.2) is 0 Å². The topological polar surface area (TPSA) is 26.3 Å². The van der Waals surface area contributed by atoms with Gasteiger partial charge in [0.1, 0.15) is 5.75 Å². The fourth-order valence-corrected chi connectivity index (χ4v) is 2.20. The van der Waals surface area contributed by atoms with Crippen LogP contribution in [0, 0.1) is 0 Å². The minimum Gasteiger partial charge on any atom is -0.423 e. The molecule has 0 bridgehead atoms. The minimum atomic E-state index is -0.370. The van der Waals surface area contributed by atoms with Crippen LogP contribution >= 0.6 is 15.9 Å². The van der Waals surface area contributed by atoms with Gasteiger partial charge in [-0.05, 0) is 41.8 Å². The minimum absolute atomic E-state index is 0.370. The highest BCUT2D eigenvalue weighted by Crippen LogP contribution is 2.23. The largest absolute Gasteiger partial charge is 0.423 e. The van der Waals surface area contributed by atoms with E-state index in [1.165, 1.54) is 6.08 Å². The van der Waals surface area contributed by atoms with E-state index in [9.17, 15) is 4.79 Å². The smallest absolute Gasteiger partial charge is 0.336 e. The molecule has 0 saturated carbocycles. The lowest BCUT2D eigenvalue weighted by molar-refractivity contribution is -0.128. The number of halogens is 1. The van der Waals surface area contributed by atoms with Crippen molar-refractivity contribution >= 4 is 28.0 Å². The summed E-state index contributed by atoms with van der Waals surface area (Å²) in [4.78, 5) is 11.8. The van der Waals surface area contributed by atoms with Crippen LogP contribution < -0.4 is 4.74 Å². The van der Waals surface area contributed by atoms with Crippen LogP contribution in [-0.2, 0) is 11.2 Å². The van der Waals surface area contributed by atoms with Crippen LogP contribution in [0.2, 0.25) is 0 Å². The molecule has 0 fully saturated rings. The monoisotopic (exact) mass is 330 g/mol. The average Bonchev–Trinajstić information content (AvgIpc) is 2.48. The predicted octanol–water partition coefficient (Wildman–Crippen LogP) is 4.63. The second-order valence-electron chi connectivity index (χ2n) is 4.27. The molecule has 2 rings (SSSR count). The van der Waals surface area contributed by atoms with Crippen molar-refractivity contribution in [1.29, 1.82) is 0 Å². The molecular formula is C17H15BrO2. The van der Waals surface area contributed by atoms with E-state index in [0.717, 1.165) is 22.0 Å². The molecule has 0 saturated heterocycles. The molecule has 0 aliphatic carbocycles. The number of rotatable bonds is 4. The zero-order valence-corrected chi connectivity index (χ0v) is 12.8. The van der Waals surface area contributed by atoms with Crippen LogP contribution in [0.25, 0.3) is 6.08 Å². The molecular weight excluding hydrogens is 316 g/mol. The van der Waals surface area contributed by atoms with Crippen molar-refractivity contribution in [3.8, 4) is 5.75 Å². The van der Waals surface area contributed by atoms with E-state index in [0.29, 0.717) is 5.75 Å². The van der Waals surface area contributed by atoms with Crippen LogP contribution in [0.1, 0.15) is 18.1 Å². The number of carbonyl (C=O) groups excluding carboxylic acids is 1. The van der Waals surface area contributed by atoms with E-state index in [1.54, 1.807) is 12.1 Å². The Hall–Kier alpha value is -1.87. The van der Waals surface area contributed by atoms with Gasteiger partial charge in [-0.15, -0.1) is 0 Å². The number of hydrogen-bond acceptors (Lipinski definition) is 2. The molecule has 0 radical (unpaired) electrons. The standard InChI is InChI=1S/C17H15BrO2/c1-2-14-12-15(18)9-10-16(14)20-17(19)11-8-13-6-4-3-5-7-13/h3-12H,2H2,1H3. The van der Waals surface area contributed by atoms with Gasteiger partial charge in [0.25, 0.3) is 0 Å². The van der Waals surface area contributed by atoms with Crippen molar-refractivity contribution in [3.05, 3.63) is 70.2 Å². The number of ether oxygens (including phenoxy) is 1. The van der Waals surface area contributed by atoms with Crippen molar-refractivity contribution in [2.75, 3.05) is 0 Å². The van der Waals surface area contributed by atoms with Crippen LogP contribution in [-0.4, -0.2) is 5.97 Å². The molecule has 0 aliphatic rings. The summed E-state index contributed by atoms with van der Waals surface area (Å²) >= 11 is 3.41. The van der Waals surface area contributed by atoms with E-state index < -0.39 is 0 Å². The van der Waals surface area contributed by atoms with Crippen molar-refractivity contribution in [2.24, 2.45) is 0 Å². The molecule has 0 aromatic heterocycles. The summed E-state index contributed by atoms with van der Waals surface area (Å²) in [7, 11) is 0. The molecule has 102 valence electrons.